The van der Waals surface area contributed by atoms with Crippen molar-refractivity contribution >= 4 is 5.91 Å². The number of carbonyl (C=O) groups excluding carboxylic acids is 1. The number of aryl methyl sites for hydroxylation is 2. The first-order chi connectivity index (χ1) is 7.95. The summed E-state index contributed by atoms with van der Waals surface area (Å²) in [5.74, 6) is -0.0585. The Balaban J connectivity index is 2.50. The largest absolute Gasteiger partial charge is 0.391 e. The van der Waals surface area contributed by atoms with Crippen molar-refractivity contribution in [3.63, 3.8) is 0 Å². The molecule has 0 fully saturated rings. The van der Waals surface area contributed by atoms with Crippen molar-refractivity contribution in [3.8, 4) is 0 Å². The number of amides is 1. The lowest BCUT2D eigenvalue weighted by atomic mass is 10.0. The molecular weight excluding hydrogens is 218 g/mol. The highest BCUT2D eigenvalue weighted by Crippen LogP contribution is 2.06. The molecule has 0 aromatic carbocycles. The van der Waals surface area contributed by atoms with Crippen molar-refractivity contribution in [1.29, 1.82) is 0 Å². The highest BCUT2D eigenvalue weighted by Gasteiger charge is 2.15. The number of aromatic nitrogens is 2. The fourth-order valence-electron chi connectivity index (χ4n) is 1.43. The molecule has 0 bridgehead atoms. The van der Waals surface area contributed by atoms with Crippen molar-refractivity contribution in [2.45, 2.75) is 33.3 Å². The van der Waals surface area contributed by atoms with Gasteiger partial charge in [-0.2, -0.15) is 5.10 Å². The Labute approximate surface area is 102 Å². The first kappa shape index (κ1) is 13.7. The second-order valence-corrected chi connectivity index (χ2v) is 4.46. The summed E-state index contributed by atoms with van der Waals surface area (Å²) in [6, 6.07) is 1.73. The predicted molar refractivity (Wildman–Crippen MR) is 65.7 cm³/mol. The van der Waals surface area contributed by atoms with E-state index in [1.807, 2.05) is 20.8 Å². The van der Waals surface area contributed by atoms with Crippen molar-refractivity contribution in [1.82, 2.24) is 15.1 Å². The third kappa shape index (κ3) is 3.56. The molecule has 5 heteroatoms. The minimum Gasteiger partial charge on any atom is -0.391 e. The molecule has 0 aliphatic heterocycles. The molecule has 2 unspecified atom stereocenters. The summed E-state index contributed by atoms with van der Waals surface area (Å²) in [4.78, 5) is 11.7. The molecular formula is C12H21N3O2. The van der Waals surface area contributed by atoms with Gasteiger partial charge in [-0.1, -0.05) is 20.3 Å². The zero-order valence-corrected chi connectivity index (χ0v) is 10.9. The van der Waals surface area contributed by atoms with Gasteiger partial charge in [0.1, 0.15) is 5.69 Å². The number of aliphatic hydroxyl groups excluding tert-OH is 1. The highest BCUT2D eigenvalue weighted by molar-refractivity contribution is 5.92. The zero-order valence-electron chi connectivity index (χ0n) is 10.9. The van der Waals surface area contributed by atoms with Crippen molar-refractivity contribution in [2.24, 2.45) is 13.0 Å². The maximum absolute atomic E-state index is 11.7. The Morgan fingerprint density at radius 1 is 1.65 bits per heavy atom. The number of aliphatic hydroxyl groups is 1. The number of rotatable bonds is 5. The van der Waals surface area contributed by atoms with E-state index in [1.165, 1.54) is 0 Å². The molecule has 1 heterocycles. The van der Waals surface area contributed by atoms with Crippen LogP contribution in [0.2, 0.25) is 0 Å². The molecule has 2 atom stereocenters. The smallest absolute Gasteiger partial charge is 0.271 e. The molecule has 0 aliphatic carbocycles. The first-order valence-corrected chi connectivity index (χ1v) is 5.92. The van der Waals surface area contributed by atoms with Crippen LogP contribution in [0.5, 0.6) is 0 Å². The van der Waals surface area contributed by atoms with Gasteiger partial charge < -0.3 is 10.4 Å². The predicted octanol–water partition coefficient (Wildman–Crippen LogP) is 0.865. The summed E-state index contributed by atoms with van der Waals surface area (Å²) in [7, 11) is 1.79. The average molecular weight is 239 g/mol. The minimum atomic E-state index is -0.506. The van der Waals surface area contributed by atoms with Crippen LogP contribution in [-0.4, -0.2) is 33.4 Å². The van der Waals surface area contributed by atoms with Crippen molar-refractivity contribution in [2.75, 3.05) is 6.54 Å². The summed E-state index contributed by atoms with van der Waals surface area (Å²) in [6.45, 7) is 6.13. The minimum absolute atomic E-state index is 0.181. The van der Waals surface area contributed by atoms with Gasteiger partial charge in [0.05, 0.1) is 6.10 Å². The number of nitrogens with zero attached hydrogens (tertiary/aromatic N) is 2. The number of nitrogens with one attached hydrogen (secondary N) is 1. The summed E-state index contributed by atoms with van der Waals surface area (Å²) >= 11 is 0. The van der Waals surface area contributed by atoms with E-state index < -0.39 is 6.10 Å². The Bertz CT molecular complexity index is 368. The van der Waals surface area contributed by atoms with Gasteiger partial charge in [-0.15, -0.1) is 0 Å². The fraction of sp³-hybridized carbons (Fsp3) is 0.667. The van der Waals surface area contributed by atoms with Gasteiger partial charge in [0.25, 0.3) is 5.91 Å². The monoisotopic (exact) mass is 239 g/mol. The number of carbonyl (C=O) groups is 1. The zero-order chi connectivity index (χ0) is 13.0. The molecule has 0 radical (unpaired) electrons. The van der Waals surface area contributed by atoms with Gasteiger partial charge in [-0.05, 0) is 18.9 Å². The van der Waals surface area contributed by atoms with E-state index in [9.17, 15) is 9.90 Å². The molecule has 1 rings (SSSR count). The van der Waals surface area contributed by atoms with Crippen LogP contribution in [-0.2, 0) is 7.05 Å². The highest BCUT2D eigenvalue weighted by atomic mass is 16.3. The first-order valence-electron chi connectivity index (χ1n) is 5.92. The van der Waals surface area contributed by atoms with E-state index in [0.717, 1.165) is 12.1 Å². The van der Waals surface area contributed by atoms with E-state index in [0.29, 0.717) is 5.69 Å². The van der Waals surface area contributed by atoms with Gasteiger partial charge in [0.2, 0.25) is 0 Å². The lowest BCUT2D eigenvalue weighted by Crippen LogP contribution is -2.35. The van der Waals surface area contributed by atoms with Gasteiger partial charge >= 0.3 is 0 Å². The summed E-state index contributed by atoms with van der Waals surface area (Å²) in [5, 5.41) is 16.5. The molecule has 0 spiro atoms. The van der Waals surface area contributed by atoms with E-state index in [-0.39, 0.29) is 18.4 Å². The second-order valence-electron chi connectivity index (χ2n) is 4.46. The van der Waals surface area contributed by atoms with E-state index >= 15 is 0 Å². The summed E-state index contributed by atoms with van der Waals surface area (Å²) in [6.07, 6.45) is 0.383. The van der Waals surface area contributed by atoms with Gasteiger partial charge in [0.15, 0.2) is 0 Å². The standard InChI is InChI=1S/C12H21N3O2/c1-5-8(2)11(16)7-13-12(17)10-6-9(3)15(4)14-10/h6,8,11,16H,5,7H2,1-4H3,(H,13,17). The van der Waals surface area contributed by atoms with Crippen molar-refractivity contribution < 1.29 is 9.90 Å². The molecule has 1 amide bonds. The molecule has 96 valence electrons. The van der Waals surface area contributed by atoms with Crippen LogP contribution in [0, 0.1) is 12.8 Å². The molecule has 0 saturated heterocycles. The molecule has 2 N–H and O–H groups in total. The van der Waals surface area contributed by atoms with Crippen LogP contribution in [0.4, 0.5) is 0 Å². The summed E-state index contributed by atoms with van der Waals surface area (Å²) < 4.78 is 1.65. The molecule has 0 saturated carbocycles. The topological polar surface area (TPSA) is 67.2 Å². The normalized spacial score (nSPS) is 14.4. The number of hydrogen-bond donors (Lipinski definition) is 2. The van der Waals surface area contributed by atoms with E-state index in [1.54, 1.807) is 17.8 Å². The maximum atomic E-state index is 11.7. The van der Waals surface area contributed by atoms with Crippen LogP contribution in [0.15, 0.2) is 6.07 Å². The van der Waals surface area contributed by atoms with E-state index in [2.05, 4.69) is 10.4 Å². The second kappa shape index (κ2) is 5.82. The Morgan fingerprint density at radius 2 is 2.29 bits per heavy atom. The Kier molecular flexibility index (Phi) is 4.69. The Hall–Kier alpha value is -1.36. The quantitative estimate of drug-likeness (QED) is 0.801. The summed E-state index contributed by atoms with van der Waals surface area (Å²) in [5.41, 5.74) is 1.32. The average Bonchev–Trinajstić information content (AvgIpc) is 2.65. The molecule has 1 aromatic heterocycles. The van der Waals surface area contributed by atoms with Crippen LogP contribution in [0.3, 0.4) is 0 Å². The van der Waals surface area contributed by atoms with Gasteiger partial charge in [-0.3, -0.25) is 9.48 Å². The lowest BCUT2D eigenvalue weighted by Gasteiger charge is -2.17. The lowest BCUT2D eigenvalue weighted by molar-refractivity contribution is 0.0845. The maximum Gasteiger partial charge on any atom is 0.271 e. The van der Waals surface area contributed by atoms with Crippen LogP contribution >= 0.6 is 0 Å². The van der Waals surface area contributed by atoms with Crippen molar-refractivity contribution in [3.05, 3.63) is 17.5 Å². The molecule has 0 aliphatic rings. The third-order valence-corrected chi connectivity index (χ3v) is 3.12. The van der Waals surface area contributed by atoms with Gasteiger partial charge in [-0.25, -0.2) is 0 Å². The fourth-order valence-corrected chi connectivity index (χ4v) is 1.43. The van der Waals surface area contributed by atoms with E-state index in [4.69, 9.17) is 0 Å². The SMILES string of the molecule is CCC(C)C(O)CNC(=O)c1cc(C)n(C)n1. The third-order valence-electron chi connectivity index (χ3n) is 3.12. The van der Waals surface area contributed by atoms with Crippen LogP contribution in [0.1, 0.15) is 36.5 Å². The van der Waals surface area contributed by atoms with Crippen LogP contribution < -0.4 is 5.32 Å². The molecule has 17 heavy (non-hydrogen) atoms. The van der Waals surface area contributed by atoms with Crippen LogP contribution in [0.25, 0.3) is 0 Å². The number of hydrogen-bond acceptors (Lipinski definition) is 3. The molecule has 5 nitrogen and oxygen atoms in total. The van der Waals surface area contributed by atoms with Gasteiger partial charge in [0, 0.05) is 19.3 Å². The Morgan fingerprint density at radius 3 is 2.76 bits per heavy atom. The molecule has 1 aromatic rings.